The van der Waals surface area contributed by atoms with Crippen LogP contribution in [0.4, 0.5) is 22.0 Å². The molecule has 1 aliphatic carbocycles. The molecule has 0 amide bonds. The van der Waals surface area contributed by atoms with Gasteiger partial charge in [0.25, 0.3) is 0 Å². The SMILES string of the molecule is Cc1cc(O)c(C2(C(F)(F)C(F)(F)F)CC2)cc1C(C)(C)C. The monoisotopic (exact) mass is 322 g/mol. The zero-order valence-corrected chi connectivity index (χ0v) is 12.9. The summed E-state index contributed by atoms with van der Waals surface area (Å²) in [4.78, 5) is 0. The summed E-state index contributed by atoms with van der Waals surface area (Å²) in [5.41, 5.74) is -1.74. The number of aromatic hydroxyl groups is 1. The van der Waals surface area contributed by atoms with Crippen LogP contribution in [0.2, 0.25) is 0 Å². The van der Waals surface area contributed by atoms with Crippen molar-refractivity contribution >= 4 is 0 Å². The summed E-state index contributed by atoms with van der Waals surface area (Å²) in [7, 11) is 0. The molecule has 6 heteroatoms. The number of alkyl halides is 5. The second-order valence-electron chi connectivity index (χ2n) is 7.09. The van der Waals surface area contributed by atoms with Crippen LogP contribution in [-0.2, 0) is 10.8 Å². The molecular weight excluding hydrogens is 303 g/mol. The van der Waals surface area contributed by atoms with Gasteiger partial charge in [-0.15, -0.1) is 0 Å². The predicted molar refractivity (Wildman–Crippen MR) is 73.5 cm³/mol. The van der Waals surface area contributed by atoms with Gasteiger partial charge in [-0.3, -0.25) is 0 Å². The van der Waals surface area contributed by atoms with E-state index in [4.69, 9.17) is 0 Å². The lowest BCUT2D eigenvalue weighted by atomic mass is 9.79. The third kappa shape index (κ3) is 2.36. The summed E-state index contributed by atoms with van der Waals surface area (Å²) in [6, 6.07) is 2.60. The molecular formula is C16H19F5O. The second kappa shape index (κ2) is 4.59. The van der Waals surface area contributed by atoms with Crippen molar-refractivity contribution in [1.29, 1.82) is 0 Å². The number of halogens is 5. The van der Waals surface area contributed by atoms with Crippen molar-refractivity contribution in [2.45, 2.75) is 63.5 Å². The maximum Gasteiger partial charge on any atom is 0.454 e. The number of hydrogen-bond donors (Lipinski definition) is 1. The van der Waals surface area contributed by atoms with Gasteiger partial charge in [0, 0.05) is 5.56 Å². The topological polar surface area (TPSA) is 20.2 Å². The molecule has 1 aromatic carbocycles. The van der Waals surface area contributed by atoms with Crippen molar-refractivity contribution in [3.63, 3.8) is 0 Å². The van der Waals surface area contributed by atoms with E-state index in [-0.39, 0.29) is 18.4 Å². The first-order valence-electron chi connectivity index (χ1n) is 7.03. The van der Waals surface area contributed by atoms with Gasteiger partial charge in [-0.05, 0) is 42.4 Å². The average molecular weight is 322 g/mol. The number of hydrogen-bond acceptors (Lipinski definition) is 1. The van der Waals surface area contributed by atoms with E-state index in [1.165, 1.54) is 12.1 Å². The zero-order chi connectivity index (χ0) is 17.1. The van der Waals surface area contributed by atoms with E-state index in [1.807, 2.05) is 20.8 Å². The maximum atomic E-state index is 13.9. The molecule has 1 nitrogen and oxygen atoms in total. The van der Waals surface area contributed by atoms with E-state index in [0.29, 0.717) is 11.1 Å². The number of phenols is 1. The molecule has 0 aromatic heterocycles. The minimum Gasteiger partial charge on any atom is -0.508 e. The Balaban J connectivity index is 2.63. The Morgan fingerprint density at radius 1 is 1.00 bits per heavy atom. The van der Waals surface area contributed by atoms with Gasteiger partial charge >= 0.3 is 12.1 Å². The Morgan fingerprint density at radius 3 is 1.86 bits per heavy atom. The van der Waals surface area contributed by atoms with Crippen molar-refractivity contribution in [3.05, 3.63) is 28.8 Å². The minimum absolute atomic E-state index is 0.292. The van der Waals surface area contributed by atoms with Crippen LogP contribution in [0.15, 0.2) is 12.1 Å². The van der Waals surface area contributed by atoms with Crippen molar-refractivity contribution in [2.24, 2.45) is 0 Å². The van der Waals surface area contributed by atoms with E-state index < -0.39 is 28.7 Å². The zero-order valence-electron chi connectivity index (χ0n) is 12.9. The van der Waals surface area contributed by atoms with Crippen LogP contribution in [0.1, 0.15) is 50.3 Å². The summed E-state index contributed by atoms with van der Waals surface area (Å²) in [5, 5.41) is 9.99. The fraction of sp³-hybridized carbons (Fsp3) is 0.625. The highest BCUT2D eigenvalue weighted by molar-refractivity contribution is 5.51. The Kier molecular flexibility index (Phi) is 3.55. The average Bonchev–Trinajstić information content (AvgIpc) is 3.06. The molecule has 2 rings (SSSR count). The third-order valence-corrected chi connectivity index (χ3v) is 4.37. The van der Waals surface area contributed by atoms with Crippen LogP contribution in [0.3, 0.4) is 0 Å². The highest BCUT2D eigenvalue weighted by Gasteiger charge is 2.75. The lowest BCUT2D eigenvalue weighted by Crippen LogP contribution is -2.47. The number of benzene rings is 1. The molecule has 0 spiro atoms. The molecule has 1 fully saturated rings. The summed E-state index contributed by atoms with van der Waals surface area (Å²) in [6.07, 6.45) is -6.22. The molecule has 0 radical (unpaired) electrons. The molecule has 0 heterocycles. The van der Waals surface area contributed by atoms with E-state index in [1.54, 1.807) is 6.92 Å². The first kappa shape index (κ1) is 17.0. The van der Waals surface area contributed by atoms with Crippen LogP contribution in [0.5, 0.6) is 5.75 Å². The smallest absolute Gasteiger partial charge is 0.454 e. The molecule has 1 saturated carbocycles. The molecule has 1 aliphatic rings. The van der Waals surface area contributed by atoms with E-state index in [2.05, 4.69) is 0 Å². The highest BCUT2D eigenvalue weighted by Crippen LogP contribution is 2.64. The normalized spacial score (nSPS) is 18.4. The molecule has 22 heavy (non-hydrogen) atoms. The fourth-order valence-electron chi connectivity index (χ4n) is 3.03. The standard InChI is InChI=1S/C16H19F5O/c1-9-7-12(22)11(8-10(9)13(2,3)4)14(5-6-14)15(17,18)16(19,20)21/h7-8,22H,5-6H2,1-4H3. The molecule has 0 saturated heterocycles. The Morgan fingerprint density at radius 2 is 1.50 bits per heavy atom. The Bertz CT molecular complexity index is 592. The lowest BCUT2D eigenvalue weighted by Gasteiger charge is -2.31. The number of phenolic OH excluding ortho intramolecular Hbond substituents is 1. The summed E-state index contributed by atoms with van der Waals surface area (Å²) in [6.45, 7) is 7.23. The maximum absolute atomic E-state index is 13.9. The lowest BCUT2D eigenvalue weighted by molar-refractivity contribution is -0.296. The molecule has 1 N–H and O–H groups in total. The van der Waals surface area contributed by atoms with Crippen LogP contribution >= 0.6 is 0 Å². The van der Waals surface area contributed by atoms with Crippen LogP contribution in [0, 0.1) is 6.92 Å². The van der Waals surface area contributed by atoms with Crippen LogP contribution in [0.25, 0.3) is 0 Å². The number of rotatable bonds is 2. The summed E-state index contributed by atoms with van der Waals surface area (Å²) in [5.74, 6) is -5.35. The van der Waals surface area contributed by atoms with Gasteiger partial charge < -0.3 is 5.11 Å². The molecule has 1 aromatic rings. The van der Waals surface area contributed by atoms with Gasteiger partial charge in [0.2, 0.25) is 0 Å². The Labute approximate surface area is 126 Å². The van der Waals surface area contributed by atoms with Gasteiger partial charge in [0.15, 0.2) is 0 Å². The quantitative estimate of drug-likeness (QED) is 0.740. The van der Waals surface area contributed by atoms with Gasteiger partial charge in [0.05, 0.1) is 5.41 Å². The van der Waals surface area contributed by atoms with E-state index >= 15 is 0 Å². The van der Waals surface area contributed by atoms with E-state index in [0.717, 1.165) is 0 Å². The van der Waals surface area contributed by atoms with Crippen molar-refractivity contribution < 1.29 is 27.1 Å². The van der Waals surface area contributed by atoms with Gasteiger partial charge in [-0.1, -0.05) is 26.8 Å². The summed E-state index contributed by atoms with van der Waals surface area (Å²) >= 11 is 0. The molecule has 124 valence electrons. The highest BCUT2D eigenvalue weighted by atomic mass is 19.4. The van der Waals surface area contributed by atoms with Gasteiger partial charge in [0.1, 0.15) is 5.75 Å². The largest absolute Gasteiger partial charge is 0.508 e. The molecule has 0 unspecified atom stereocenters. The van der Waals surface area contributed by atoms with Gasteiger partial charge in [-0.25, -0.2) is 0 Å². The van der Waals surface area contributed by atoms with Crippen LogP contribution < -0.4 is 0 Å². The molecule has 0 bridgehead atoms. The third-order valence-electron chi connectivity index (χ3n) is 4.37. The molecule has 0 aliphatic heterocycles. The number of aryl methyl sites for hydroxylation is 1. The van der Waals surface area contributed by atoms with Crippen molar-refractivity contribution in [3.8, 4) is 5.75 Å². The van der Waals surface area contributed by atoms with Crippen LogP contribution in [-0.4, -0.2) is 17.2 Å². The Hall–Kier alpha value is -1.33. The van der Waals surface area contributed by atoms with E-state index in [9.17, 15) is 27.1 Å². The fourth-order valence-corrected chi connectivity index (χ4v) is 3.03. The minimum atomic E-state index is -5.64. The van der Waals surface area contributed by atoms with Crippen molar-refractivity contribution in [2.75, 3.05) is 0 Å². The summed E-state index contributed by atoms with van der Waals surface area (Å²) < 4.78 is 66.2. The van der Waals surface area contributed by atoms with Gasteiger partial charge in [-0.2, -0.15) is 22.0 Å². The first-order valence-corrected chi connectivity index (χ1v) is 7.03. The molecule has 0 atom stereocenters. The van der Waals surface area contributed by atoms with Crippen molar-refractivity contribution in [1.82, 2.24) is 0 Å². The first-order chi connectivity index (χ1) is 9.74. The second-order valence-corrected chi connectivity index (χ2v) is 7.09. The predicted octanol–water partition coefficient (Wildman–Crippen LogP) is 5.23.